The molecule has 0 spiro atoms. The number of amides is 1. The van der Waals surface area contributed by atoms with Gasteiger partial charge in [0.1, 0.15) is 10.7 Å². The topological polar surface area (TPSA) is 55.6 Å². The van der Waals surface area contributed by atoms with E-state index in [2.05, 4.69) is 13.8 Å². The summed E-state index contributed by atoms with van der Waals surface area (Å²) in [6, 6.07) is 7.39. The fourth-order valence-corrected chi connectivity index (χ4v) is 2.29. The summed E-state index contributed by atoms with van der Waals surface area (Å²) < 4.78 is 5.58. The van der Waals surface area contributed by atoms with Gasteiger partial charge in [0.05, 0.1) is 5.56 Å². The zero-order valence-corrected chi connectivity index (χ0v) is 13.9. The highest BCUT2D eigenvalue weighted by atomic mass is 32.1. The molecule has 0 heterocycles. The molecule has 0 radical (unpaired) electrons. The molecule has 0 saturated heterocycles. The van der Waals surface area contributed by atoms with Crippen LogP contribution >= 0.6 is 12.2 Å². The number of nitrogens with two attached hydrogens (primary N) is 1. The Balaban J connectivity index is 2.63. The van der Waals surface area contributed by atoms with Crippen LogP contribution in [0.3, 0.4) is 0 Å². The number of likely N-dealkylation sites (N-methyl/N-ethyl adjacent to an activating group) is 1. The van der Waals surface area contributed by atoms with E-state index in [-0.39, 0.29) is 23.5 Å². The molecule has 5 heteroatoms. The van der Waals surface area contributed by atoms with Crippen molar-refractivity contribution in [2.24, 2.45) is 11.7 Å². The molecule has 2 N–H and O–H groups in total. The summed E-state index contributed by atoms with van der Waals surface area (Å²) >= 11 is 4.97. The summed E-state index contributed by atoms with van der Waals surface area (Å²) in [5.74, 6) is 1.04. The van der Waals surface area contributed by atoms with Crippen LogP contribution in [0.25, 0.3) is 0 Å². The molecule has 0 aliphatic rings. The second-order valence-corrected chi connectivity index (χ2v) is 6.07. The highest BCUT2D eigenvalue weighted by molar-refractivity contribution is 7.80. The first-order valence-corrected chi connectivity index (χ1v) is 7.51. The number of ether oxygens (including phenoxy) is 1. The predicted molar refractivity (Wildman–Crippen MR) is 89.5 cm³/mol. The van der Waals surface area contributed by atoms with Gasteiger partial charge in [-0.3, -0.25) is 4.79 Å². The Morgan fingerprint density at radius 2 is 1.95 bits per heavy atom. The summed E-state index contributed by atoms with van der Waals surface area (Å²) in [6.45, 7) is 6.31. The standard InChI is InChI=1S/C16H24N2O2S/c1-11(2)9-12(3)18(4)15(19)10-20-14-8-6-5-7-13(14)16(17)21/h5-8,11-12H,9-10H2,1-4H3,(H2,17,21). The van der Waals surface area contributed by atoms with Crippen LogP contribution in [0, 0.1) is 5.92 Å². The maximum absolute atomic E-state index is 12.2. The average Bonchev–Trinajstić information content (AvgIpc) is 2.43. The molecule has 1 aromatic carbocycles. The van der Waals surface area contributed by atoms with Gasteiger partial charge in [0.15, 0.2) is 6.61 Å². The van der Waals surface area contributed by atoms with Crippen LogP contribution in [0.15, 0.2) is 24.3 Å². The highest BCUT2D eigenvalue weighted by Crippen LogP contribution is 2.18. The minimum atomic E-state index is -0.0547. The minimum Gasteiger partial charge on any atom is -0.483 e. The minimum absolute atomic E-state index is 0.0153. The molecular formula is C16H24N2O2S. The van der Waals surface area contributed by atoms with Crippen molar-refractivity contribution in [1.82, 2.24) is 4.90 Å². The van der Waals surface area contributed by atoms with Crippen molar-refractivity contribution in [3.8, 4) is 5.75 Å². The first kappa shape index (κ1) is 17.4. The van der Waals surface area contributed by atoms with Gasteiger partial charge in [-0.25, -0.2) is 0 Å². The molecule has 4 nitrogen and oxygen atoms in total. The molecule has 0 saturated carbocycles. The van der Waals surface area contributed by atoms with Gasteiger partial charge in [0.25, 0.3) is 5.91 Å². The first-order valence-electron chi connectivity index (χ1n) is 7.10. The molecule has 1 aromatic rings. The monoisotopic (exact) mass is 308 g/mol. The largest absolute Gasteiger partial charge is 0.483 e. The number of carbonyl (C=O) groups is 1. The molecular weight excluding hydrogens is 284 g/mol. The predicted octanol–water partition coefficient (Wildman–Crippen LogP) is 2.59. The van der Waals surface area contributed by atoms with Crippen LogP contribution in [0.2, 0.25) is 0 Å². The zero-order valence-electron chi connectivity index (χ0n) is 13.1. The van der Waals surface area contributed by atoms with Gasteiger partial charge >= 0.3 is 0 Å². The van der Waals surface area contributed by atoms with Crippen molar-refractivity contribution < 1.29 is 9.53 Å². The van der Waals surface area contributed by atoms with E-state index in [1.807, 2.05) is 19.1 Å². The molecule has 0 aromatic heterocycles. The Bertz CT molecular complexity index is 503. The van der Waals surface area contributed by atoms with Crippen molar-refractivity contribution in [1.29, 1.82) is 0 Å². The third-order valence-electron chi connectivity index (χ3n) is 3.37. The molecule has 1 amide bonds. The van der Waals surface area contributed by atoms with Crippen LogP contribution in [-0.2, 0) is 4.79 Å². The highest BCUT2D eigenvalue weighted by Gasteiger charge is 2.17. The SMILES string of the molecule is CC(C)CC(C)N(C)C(=O)COc1ccccc1C(N)=S. The molecule has 0 bridgehead atoms. The zero-order chi connectivity index (χ0) is 16.0. The molecule has 0 fully saturated rings. The van der Waals surface area contributed by atoms with E-state index >= 15 is 0 Å². The Morgan fingerprint density at radius 3 is 2.52 bits per heavy atom. The van der Waals surface area contributed by atoms with Crippen molar-refractivity contribution in [3.63, 3.8) is 0 Å². The molecule has 1 atom stereocenters. The van der Waals surface area contributed by atoms with Crippen LogP contribution in [0.4, 0.5) is 0 Å². The van der Waals surface area contributed by atoms with Crippen LogP contribution in [0.5, 0.6) is 5.75 Å². The van der Waals surface area contributed by atoms with E-state index < -0.39 is 0 Å². The lowest BCUT2D eigenvalue weighted by molar-refractivity contribution is -0.134. The molecule has 0 aliphatic carbocycles. The van der Waals surface area contributed by atoms with Gasteiger partial charge in [-0.05, 0) is 31.4 Å². The summed E-state index contributed by atoms with van der Waals surface area (Å²) in [7, 11) is 1.80. The molecule has 1 rings (SSSR count). The van der Waals surface area contributed by atoms with E-state index in [9.17, 15) is 4.79 Å². The molecule has 1 unspecified atom stereocenters. The Kier molecular flexibility index (Phi) is 6.62. The number of hydrogen-bond donors (Lipinski definition) is 1. The van der Waals surface area contributed by atoms with Gasteiger partial charge in [0, 0.05) is 13.1 Å². The number of nitrogens with zero attached hydrogens (tertiary/aromatic N) is 1. The van der Waals surface area contributed by atoms with Gasteiger partial charge < -0.3 is 15.4 Å². The molecule has 0 aliphatic heterocycles. The fraction of sp³-hybridized carbons (Fsp3) is 0.500. The summed E-state index contributed by atoms with van der Waals surface area (Å²) in [5, 5.41) is 0. The third kappa shape index (κ3) is 5.34. The van der Waals surface area contributed by atoms with E-state index in [0.29, 0.717) is 17.2 Å². The number of rotatable bonds is 7. The maximum atomic E-state index is 12.2. The second kappa shape index (κ2) is 7.98. The quantitative estimate of drug-likeness (QED) is 0.787. The van der Waals surface area contributed by atoms with Gasteiger partial charge in [0.2, 0.25) is 0 Å². The molecule has 116 valence electrons. The smallest absolute Gasteiger partial charge is 0.260 e. The van der Waals surface area contributed by atoms with Crippen molar-refractivity contribution in [3.05, 3.63) is 29.8 Å². The number of hydrogen-bond acceptors (Lipinski definition) is 3. The van der Waals surface area contributed by atoms with Crippen molar-refractivity contribution >= 4 is 23.1 Å². The van der Waals surface area contributed by atoms with E-state index in [0.717, 1.165) is 6.42 Å². The maximum Gasteiger partial charge on any atom is 0.260 e. The summed E-state index contributed by atoms with van der Waals surface area (Å²) in [6.07, 6.45) is 0.964. The summed E-state index contributed by atoms with van der Waals surface area (Å²) in [5.41, 5.74) is 6.29. The lowest BCUT2D eigenvalue weighted by Gasteiger charge is -2.26. The normalized spacial score (nSPS) is 12.0. The Hall–Kier alpha value is -1.62. The van der Waals surface area contributed by atoms with Crippen molar-refractivity contribution in [2.45, 2.75) is 33.2 Å². The first-order chi connectivity index (χ1) is 9.82. The lowest BCUT2D eigenvalue weighted by Crippen LogP contribution is -2.39. The van der Waals surface area contributed by atoms with E-state index in [1.165, 1.54) is 0 Å². The van der Waals surface area contributed by atoms with Crippen LogP contribution in [-0.4, -0.2) is 35.5 Å². The number of benzene rings is 1. The molecule has 21 heavy (non-hydrogen) atoms. The Labute approximate surface area is 132 Å². The van der Waals surface area contributed by atoms with Crippen LogP contribution < -0.4 is 10.5 Å². The number of carbonyl (C=O) groups excluding carboxylic acids is 1. The van der Waals surface area contributed by atoms with Crippen LogP contribution in [0.1, 0.15) is 32.8 Å². The Morgan fingerprint density at radius 1 is 1.33 bits per heavy atom. The van der Waals surface area contributed by atoms with Gasteiger partial charge in [-0.15, -0.1) is 0 Å². The van der Waals surface area contributed by atoms with Gasteiger partial charge in [-0.2, -0.15) is 0 Å². The van der Waals surface area contributed by atoms with E-state index in [4.69, 9.17) is 22.7 Å². The van der Waals surface area contributed by atoms with Gasteiger partial charge in [-0.1, -0.05) is 38.2 Å². The average molecular weight is 308 g/mol. The second-order valence-electron chi connectivity index (χ2n) is 5.63. The van der Waals surface area contributed by atoms with E-state index in [1.54, 1.807) is 24.1 Å². The van der Waals surface area contributed by atoms with Crippen molar-refractivity contribution in [2.75, 3.05) is 13.7 Å². The number of thiocarbonyl (C=S) groups is 1. The fourth-order valence-electron chi connectivity index (χ4n) is 2.12. The lowest BCUT2D eigenvalue weighted by atomic mass is 10.0. The number of para-hydroxylation sites is 1. The summed E-state index contributed by atoms with van der Waals surface area (Å²) in [4.78, 5) is 14.1. The third-order valence-corrected chi connectivity index (χ3v) is 3.59.